The molecule has 2 aromatic rings. The Morgan fingerprint density at radius 1 is 1.22 bits per heavy atom. The molecule has 2 rings (SSSR count). The normalized spacial score (nSPS) is 12.1. The van der Waals surface area contributed by atoms with Gasteiger partial charge in [-0.2, -0.15) is 11.3 Å². The van der Waals surface area contributed by atoms with E-state index in [1.165, 1.54) is 0 Å². The van der Waals surface area contributed by atoms with E-state index >= 15 is 0 Å². The number of hydrogen-bond donors (Lipinski definition) is 2. The maximum absolute atomic E-state index is 11.8. The summed E-state index contributed by atoms with van der Waals surface area (Å²) in [6.45, 7) is 0.546. The van der Waals surface area contributed by atoms with E-state index in [0.717, 1.165) is 11.1 Å². The first-order valence-corrected chi connectivity index (χ1v) is 6.78. The van der Waals surface area contributed by atoms with Gasteiger partial charge in [-0.25, -0.2) is 0 Å². The average Bonchev–Trinajstić information content (AvgIpc) is 2.90. The summed E-state index contributed by atoms with van der Waals surface area (Å²) < 4.78 is 0. The van der Waals surface area contributed by atoms with Crippen molar-refractivity contribution in [2.45, 2.75) is 19.0 Å². The molecule has 1 unspecified atom stereocenters. The summed E-state index contributed by atoms with van der Waals surface area (Å²) in [6.07, 6.45) is 0.566. The number of amides is 1. The van der Waals surface area contributed by atoms with E-state index in [2.05, 4.69) is 5.32 Å². The van der Waals surface area contributed by atoms with E-state index in [-0.39, 0.29) is 5.91 Å². The topological polar surface area (TPSA) is 55.1 Å². The summed E-state index contributed by atoms with van der Waals surface area (Å²) in [7, 11) is 0. The third-order valence-electron chi connectivity index (χ3n) is 2.68. The first-order chi connectivity index (χ1) is 8.75. The van der Waals surface area contributed by atoms with Crippen molar-refractivity contribution >= 4 is 17.2 Å². The van der Waals surface area contributed by atoms with Gasteiger partial charge in [-0.3, -0.25) is 4.79 Å². The lowest BCUT2D eigenvalue weighted by Crippen LogP contribution is -2.41. The van der Waals surface area contributed by atoms with E-state index in [1.54, 1.807) is 11.3 Å². The molecule has 3 N–H and O–H groups in total. The summed E-state index contributed by atoms with van der Waals surface area (Å²) in [6, 6.07) is 11.3. The second-order valence-electron chi connectivity index (χ2n) is 4.15. The molecular formula is C14H16N2OS. The molecule has 18 heavy (non-hydrogen) atoms. The molecule has 0 saturated carbocycles. The SMILES string of the molecule is NC(Cc1ccccc1)C(=O)NCc1ccsc1. The molecule has 1 aromatic heterocycles. The van der Waals surface area contributed by atoms with Gasteiger partial charge in [0.25, 0.3) is 0 Å². The average molecular weight is 260 g/mol. The number of rotatable bonds is 5. The Labute approximate surface area is 111 Å². The van der Waals surface area contributed by atoms with Crippen molar-refractivity contribution in [3.05, 3.63) is 58.3 Å². The number of thiophene rings is 1. The Morgan fingerprint density at radius 3 is 2.67 bits per heavy atom. The third kappa shape index (κ3) is 3.68. The highest BCUT2D eigenvalue weighted by Gasteiger charge is 2.13. The van der Waals surface area contributed by atoms with Crippen molar-refractivity contribution in [3.8, 4) is 0 Å². The van der Waals surface area contributed by atoms with Crippen LogP contribution in [0.3, 0.4) is 0 Å². The third-order valence-corrected chi connectivity index (χ3v) is 3.41. The fourth-order valence-electron chi connectivity index (χ4n) is 1.67. The molecule has 4 heteroatoms. The van der Waals surface area contributed by atoms with Crippen LogP contribution in [0.1, 0.15) is 11.1 Å². The standard InChI is InChI=1S/C14H16N2OS/c15-13(8-11-4-2-1-3-5-11)14(17)16-9-12-6-7-18-10-12/h1-7,10,13H,8-9,15H2,(H,16,17). The van der Waals surface area contributed by atoms with Gasteiger partial charge in [0.15, 0.2) is 0 Å². The Hall–Kier alpha value is -1.65. The molecule has 94 valence electrons. The van der Waals surface area contributed by atoms with Gasteiger partial charge < -0.3 is 11.1 Å². The lowest BCUT2D eigenvalue weighted by Gasteiger charge is -2.11. The summed E-state index contributed by atoms with van der Waals surface area (Å²) in [5.41, 5.74) is 8.07. The summed E-state index contributed by atoms with van der Waals surface area (Å²) >= 11 is 1.62. The first kappa shape index (κ1) is 12.8. The quantitative estimate of drug-likeness (QED) is 0.863. The first-order valence-electron chi connectivity index (χ1n) is 5.84. The molecule has 0 fully saturated rings. The minimum Gasteiger partial charge on any atom is -0.351 e. The highest BCUT2D eigenvalue weighted by atomic mass is 32.1. The smallest absolute Gasteiger partial charge is 0.237 e. The van der Waals surface area contributed by atoms with Gasteiger partial charge in [0.2, 0.25) is 5.91 Å². The minimum atomic E-state index is -0.494. The van der Waals surface area contributed by atoms with Crippen LogP contribution < -0.4 is 11.1 Å². The molecule has 0 spiro atoms. The van der Waals surface area contributed by atoms with Gasteiger partial charge in [0.05, 0.1) is 6.04 Å². The van der Waals surface area contributed by atoms with Crippen molar-refractivity contribution < 1.29 is 4.79 Å². The van der Waals surface area contributed by atoms with Crippen molar-refractivity contribution in [1.29, 1.82) is 0 Å². The molecule has 1 heterocycles. The molecule has 3 nitrogen and oxygen atoms in total. The van der Waals surface area contributed by atoms with Gasteiger partial charge in [0, 0.05) is 6.54 Å². The van der Waals surface area contributed by atoms with Crippen molar-refractivity contribution in [3.63, 3.8) is 0 Å². The summed E-state index contributed by atoms with van der Waals surface area (Å²) in [4.78, 5) is 11.8. The van der Waals surface area contributed by atoms with Gasteiger partial charge >= 0.3 is 0 Å². The highest BCUT2D eigenvalue weighted by molar-refractivity contribution is 7.07. The molecule has 0 bridgehead atoms. The number of carbonyl (C=O) groups excluding carboxylic acids is 1. The van der Waals surface area contributed by atoms with Gasteiger partial charge in [-0.1, -0.05) is 30.3 Å². The number of hydrogen-bond acceptors (Lipinski definition) is 3. The van der Waals surface area contributed by atoms with Gasteiger partial charge in [-0.05, 0) is 34.4 Å². The maximum Gasteiger partial charge on any atom is 0.237 e. The van der Waals surface area contributed by atoms with Crippen molar-refractivity contribution in [2.75, 3.05) is 0 Å². The zero-order chi connectivity index (χ0) is 12.8. The van der Waals surface area contributed by atoms with Crippen molar-refractivity contribution in [1.82, 2.24) is 5.32 Å². The van der Waals surface area contributed by atoms with Crippen LogP contribution in [0.25, 0.3) is 0 Å². The van der Waals surface area contributed by atoms with Crippen LogP contribution in [0.4, 0.5) is 0 Å². The van der Waals surface area contributed by atoms with Gasteiger partial charge in [0.1, 0.15) is 0 Å². The number of benzene rings is 1. The molecule has 0 saturated heterocycles. The van der Waals surface area contributed by atoms with Crippen LogP contribution in [0.2, 0.25) is 0 Å². The monoisotopic (exact) mass is 260 g/mol. The predicted molar refractivity (Wildman–Crippen MR) is 74.3 cm³/mol. The van der Waals surface area contributed by atoms with Crippen LogP contribution in [0.5, 0.6) is 0 Å². The molecule has 1 amide bonds. The second-order valence-corrected chi connectivity index (χ2v) is 4.93. The molecular weight excluding hydrogens is 244 g/mol. The molecule has 0 radical (unpaired) electrons. The Bertz CT molecular complexity index is 482. The van der Waals surface area contributed by atoms with Crippen LogP contribution in [0.15, 0.2) is 47.2 Å². The fraction of sp³-hybridized carbons (Fsp3) is 0.214. The molecule has 0 aliphatic carbocycles. The Kier molecular flexibility index (Phi) is 4.50. The number of nitrogens with two attached hydrogens (primary N) is 1. The Balaban J connectivity index is 1.82. The molecule has 1 atom stereocenters. The van der Waals surface area contributed by atoms with Crippen LogP contribution in [0, 0.1) is 0 Å². The van der Waals surface area contributed by atoms with E-state index in [1.807, 2.05) is 47.2 Å². The zero-order valence-corrected chi connectivity index (χ0v) is 10.8. The lowest BCUT2D eigenvalue weighted by molar-refractivity contribution is -0.122. The zero-order valence-electron chi connectivity index (χ0n) is 10.0. The molecule has 0 aliphatic heterocycles. The number of nitrogens with one attached hydrogen (secondary N) is 1. The van der Waals surface area contributed by atoms with E-state index in [4.69, 9.17) is 5.73 Å². The largest absolute Gasteiger partial charge is 0.351 e. The predicted octanol–water partition coefficient (Wildman–Crippen LogP) is 1.93. The second kappa shape index (κ2) is 6.33. The summed E-state index contributed by atoms with van der Waals surface area (Å²) in [5.74, 6) is -0.106. The van der Waals surface area contributed by atoms with E-state index in [0.29, 0.717) is 13.0 Å². The highest BCUT2D eigenvalue weighted by Crippen LogP contribution is 2.06. The fourth-order valence-corrected chi connectivity index (χ4v) is 2.34. The Morgan fingerprint density at radius 2 is 2.00 bits per heavy atom. The summed E-state index contributed by atoms with van der Waals surface area (Å²) in [5, 5.41) is 6.86. The van der Waals surface area contributed by atoms with Crippen molar-refractivity contribution in [2.24, 2.45) is 5.73 Å². The number of carbonyl (C=O) groups is 1. The lowest BCUT2D eigenvalue weighted by atomic mass is 10.1. The van der Waals surface area contributed by atoms with E-state index < -0.39 is 6.04 Å². The molecule has 1 aromatic carbocycles. The van der Waals surface area contributed by atoms with Crippen LogP contribution >= 0.6 is 11.3 Å². The maximum atomic E-state index is 11.8. The molecule has 0 aliphatic rings. The van der Waals surface area contributed by atoms with E-state index in [9.17, 15) is 4.79 Å². The minimum absolute atomic E-state index is 0.106. The van der Waals surface area contributed by atoms with Crippen LogP contribution in [-0.4, -0.2) is 11.9 Å². The van der Waals surface area contributed by atoms with Gasteiger partial charge in [-0.15, -0.1) is 0 Å². The van der Waals surface area contributed by atoms with Crippen LogP contribution in [-0.2, 0) is 17.8 Å².